The Morgan fingerprint density at radius 3 is 2.80 bits per heavy atom. The van der Waals surface area contributed by atoms with Crippen LogP contribution in [-0.4, -0.2) is 24.5 Å². The van der Waals surface area contributed by atoms with Crippen LogP contribution in [0.5, 0.6) is 0 Å². The zero-order chi connectivity index (χ0) is 14.8. The highest BCUT2D eigenvalue weighted by Gasteiger charge is 2.20. The average Bonchev–Trinajstić information content (AvgIpc) is 2.95. The molecule has 2 aromatic heterocycles. The van der Waals surface area contributed by atoms with Gasteiger partial charge in [-0.25, -0.2) is 13.1 Å². The number of carbonyl (C=O) groups excluding carboxylic acids is 1. The van der Waals surface area contributed by atoms with Gasteiger partial charge in [0, 0.05) is 22.8 Å². The van der Waals surface area contributed by atoms with Gasteiger partial charge in [0.2, 0.25) is 15.4 Å². The normalized spacial score (nSPS) is 11.5. The molecule has 2 heterocycles. The first kappa shape index (κ1) is 15.5. The summed E-state index contributed by atoms with van der Waals surface area (Å²) in [5.41, 5.74) is 0. The first-order valence-corrected chi connectivity index (χ1v) is 9.18. The summed E-state index contributed by atoms with van der Waals surface area (Å²) in [4.78, 5) is 11.7. The van der Waals surface area contributed by atoms with Crippen molar-refractivity contribution in [2.24, 2.45) is 0 Å². The lowest BCUT2D eigenvalue weighted by atomic mass is 10.5. The number of nitrogens with zero attached hydrogens (tertiary/aromatic N) is 2. The molecule has 108 valence electrons. The van der Waals surface area contributed by atoms with Gasteiger partial charge in [-0.1, -0.05) is 11.3 Å². The van der Waals surface area contributed by atoms with Crippen LogP contribution in [0.1, 0.15) is 11.8 Å². The Kier molecular flexibility index (Phi) is 4.86. The molecule has 0 atom stereocenters. The van der Waals surface area contributed by atoms with Crippen molar-refractivity contribution in [3.8, 4) is 0 Å². The topological polar surface area (TPSA) is 101 Å². The molecule has 7 nitrogen and oxygen atoms in total. The largest absolute Gasteiger partial charge is 0.301 e. The van der Waals surface area contributed by atoms with Gasteiger partial charge in [0.25, 0.3) is 10.0 Å². The van der Waals surface area contributed by atoms with Gasteiger partial charge in [-0.3, -0.25) is 4.79 Å². The molecule has 0 aliphatic heterocycles. The summed E-state index contributed by atoms with van der Waals surface area (Å²) in [6, 6.07) is 1.84. The molecule has 0 aromatic carbocycles. The van der Waals surface area contributed by atoms with Gasteiger partial charge in [-0.15, -0.1) is 21.5 Å². The Hall–Kier alpha value is -0.880. The number of rotatable bonds is 5. The van der Waals surface area contributed by atoms with E-state index in [9.17, 15) is 13.2 Å². The van der Waals surface area contributed by atoms with Crippen molar-refractivity contribution in [3.63, 3.8) is 0 Å². The number of sulfonamides is 1. The molecular weight excluding hydrogens is 388 g/mol. The summed E-state index contributed by atoms with van der Waals surface area (Å²) in [7, 11) is -3.74. The average molecular weight is 397 g/mol. The smallest absolute Gasteiger partial charge is 0.270 e. The molecule has 0 radical (unpaired) electrons. The second-order valence-electron chi connectivity index (χ2n) is 3.57. The van der Waals surface area contributed by atoms with Crippen molar-refractivity contribution in [2.45, 2.75) is 17.8 Å². The maximum atomic E-state index is 12.0. The van der Waals surface area contributed by atoms with E-state index >= 15 is 0 Å². The number of aromatic nitrogens is 2. The quantitative estimate of drug-likeness (QED) is 0.750. The van der Waals surface area contributed by atoms with E-state index in [2.05, 4.69) is 36.2 Å². The summed E-state index contributed by atoms with van der Waals surface area (Å²) in [5.74, 6) is -0.333. The molecule has 0 spiro atoms. The van der Waals surface area contributed by atoms with Crippen LogP contribution in [0.25, 0.3) is 0 Å². The minimum Gasteiger partial charge on any atom is -0.301 e. The highest BCUT2D eigenvalue weighted by Crippen LogP contribution is 2.24. The first-order valence-electron chi connectivity index (χ1n) is 5.21. The number of carbonyl (C=O) groups is 1. The van der Waals surface area contributed by atoms with Crippen molar-refractivity contribution in [1.82, 2.24) is 14.9 Å². The van der Waals surface area contributed by atoms with Crippen LogP contribution < -0.4 is 10.0 Å². The third-order valence-electron chi connectivity index (χ3n) is 2.03. The van der Waals surface area contributed by atoms with Gasteiger partial charge in [-0.05, 0) is 27.4 Å². The lowest BCUT2D eigenvalue weighted by molar-refractivity contribution is -0.114. The maximum absolute atomic E-state index is 12.0. The second kappa shape index (κ2) is 6.26. The fourth-order valence-electron chi connectivity index (χ4n) is 1.19. The summed E-state index contributed by atoms with van der Waals surface area (Å²) in [6.07, 6.45) is 0. The third-order valence-corrected chi connectivity index (χ3v) is 6.57. The fourth-order valence-corrected chi connectivity index (χ4v) is 4.70. The van der Waals surface area contributed by atoms with Gasteiger partial charge in [0.1, 0.15) is 0 Å². The van der Waals surface area contributed by atoms with Crippen LogP contribution in [0.2, 0.25) is 0 Å². The maximum Gasteiger partial charge on any atom is 0.270 e. The van der Waals surface area contributed by atoms with Crippen molar-refractivity contribution in [2.75, 3.05) is 5.32 Å². The Morgan fingerprint density at radius 2 is 2.20 bits per heavy atom. The summed E-state index contributed by atoms with van der Waals surface area (Å²) in [5, 5.41) is 11.5. The van der Waals surface area contributed by atoms with Crippen molar-refractivity contribution in [1.29, 1.82) is 0 Å². The molecule has 1 amide bonds. The molecule has 2 aromatic rings. The van der Waals surface area contributed by atoms with Gasteiger partial charge in [0.15, 0.2) is 0 Å². The van der Waals surface area contributed by atoms with E-state index in [0.717, 1.165) is 20.7 Å². The Balaban J connectivity index is 2.08. The van der Waals surface area contributed by atoms with E-state index < -0.39 is 10.0 Å². The van der Waals surface area contributed by atoms with Crippen LogP contribution in [-0.2, 0) is 21.4 Å². The summed E-state index contributed by atoms with van der Waals surface area (Å²) >= 11 is 5.56. The number of hydrogen-bond acceptors (Lipinski definition) is 7. The number of halogens is 1. The van der Waals surface area contributed by atoms with E-state index in [0.29, 0.717) is 0 Å². The highest BCUT2D eigenvalue weighted by molar-refractivity contribution is 9.10. The zero-order valence-electron chi connectivity index (χ0n) is 10.1. The minimum absolute atomic E-state index is 0.148. The predicted octanol–water partition coefficient (Wildman–Crippen LogP) is 1.80. The van der Waals surface area contributed by atoms with Crippen molar-refractivity contribution < 1.29 is 13.2 Å². The number of amides is 1. The van der Waals surface area contributed by atoms with E-state index in [4.69, 9.17) is 0 Å². The number of hydrogen-bond donors (Lipinski definition) is 2. The minimum atomic E-state index is -3.74. The van der Waals surface area contributed by atoms with Gasteiger partial charge >= 0.3 is 0 Å². The SMILES string of the molecule is CC(=O)Nc1nnc(S(=O)(=O)NCc2sccc2Br)s1. The number of nitrogens with one attached hydrogen (secondary N) is 2. The van der Waals surface area contributed by atoms with E-state index in [-0.39, 0.29) is 21.9 Å². The molecule has 2 rings (SSSR count). The molecule has 0 saturated heterocycles. The summed E-state index contributed by atoms with van der Waals surface area (Å²) in [6.45, 7) is 1.47. The van der Waals surface area contributed by atoms with Crippen LogP contribution in [0.4, 0.5) is 5.13 Å². The van der Waals surface area contributed by atoms with E-state index in [1.165, 1.54) is 18.3 Å². The molecule has 11 heteroatoms. The Labute approximate surface area is 131 Å². The zero-order valence-corrected chi connectivity index (χ0v) is 14.1. The van der Waals surface area contributed by atoms with Gasteiger partial charge in [-0.2, -0.15) is 0 Å². The molecule has 2 N–H and O–H groups in total. The second-order valence-corrected chi connectivity index (χ2v) is 8.34. The molecule has 0 aliphatic rings. The third kappa shape index (κ3) is 3.82. The summed E-state index contributed by atoms with van der Waals surface area (Å²) < 4.78 is 27.1. The standard InChI is InChI=1S/C9H9BrN4O3S3/c1-5(15)12-8-13-14-9(19-8)20(16,17)11-4-7-6(10)2-3-18-7/h2-3,11H,4H2,1H3,(H,12,13,15). The fraction of sp³-hybridized carbons (Fsp3) is 0.222. The van der Waals surface area contributed by atoms with Gasteiger partial charge in [0.05, 0.1) is 0 Å². The molecule has 0 unspecified atom stereocenters. The van der Waals surface area contributed by atoms with Crippen LogP contribution >= 0.6 is 38.6 Å². The van der Waals surface area contributed by atoms with Crippen molar-refractivity contribution >= 4 is 59.7 Å². The van der Waals surface area contributed by atoms with E-state index in [1.54, 1.807) is 0 Å². The molecule has 0 aliphatic carbocycles. The lowest BCUT2D eigenvalue weighted by Gasteiger charge is -2.01. The predicted molar refractivity (Wildman–Crippen MR) is 80.3 cm³/mol. The molecular formula is C9H9BrN4O3S3. The van der Waals surface area contributed by atoms with Crippen LogP contribution in [0.15, 0.2) is 20.3 Å². The lowest BCUT2D eigenvalue weighted by Crippen LogP contribution is -2.22. The first-order chi connectivity index (χ1) is 9.38. The molecule has 0 fully saturated rings. The molecule has 20 heavy (non-hydrogen) atoms. The van der Waals surface area contributed by atoms with Gasteiger partial charge < -0.3 is 5.32 Å². The highest BCUT2D eigenvalue weighted by atomic mass is 79.9. The molecule has 0 saturated carbocycles. The Morgan fingerprint density at radius 1 is 1.45 bits per heavy atom. The van der Waals surface area contributed by atoms with Crippen molar-refractivity contribution in [3.05, 3.63) is 20.8 Å². The number of anilines is 1. The monoisotopic (exact) mass is 396 g/mol. The van der Waals surface area contributed by atoms with Crippen LogP contribution in [0, 0.1) is 0 Å². The Bertz CT molecular complexity index is 724. The van der Waals surface area contributed by atoms with E-state index in [1.807, 2.05) is 11.4 Å². The number of thiophene rings is 1. The van der Waals surface area contributed by atoms with Crippen LogP contribution in [0.3, 0.4) is 0 Å². The molecule has 0 bridgehead atoms.